The van der Waals surface area contributed by atoms with E-state index in [2.05, 4.69) is 0 Å². The zero-order valence-electron chi connectivity index (χ0n) is 10.4. The van der Waals surface area contributed by atoms with E-state index in [-0.39, 0.29) is 5.84 Å². The van der Waals surface area contributed by atoms with Crippen molar-refractivity contribution in [2.24, 2.45) is 0 Å². The van der Waals surface area contributed by atoms with Crippen LogP contribution in [0.15, 0.2) is 54.6 Å². The average molecular weight is 303 g/mol. The van der Waals surface area contributed by atoms with Gasteiger partial charge < -0.3 is 0 Å². The molecule has 0 unspecified atom stereocenters. The van der Waals surface area contributed by atoms with Crippen molar-refractivity contribution in [3.8, 4) is 0 Å². The number of amidine groups is 1. The van der Waals surface area contributed by atoms with Gasteiger partial charge in [-0.2, -0.15) is 0 Å². The zero-order chi connectivity index (χ0) is 14.1. The van der Waals surface area contributed by atoms with Gasteiger partial charge in [0.25, 0.3) is 0 Å². The number of rotatable bonds is 2. The number of anilines is 1. The van der Waals surface area contributed by atoms with Gasteiger partial charge in [0, 0.05) is 10.1 Å². The van der Waals surface area contributed by atoms with Crippen LogP contribution in [-0.2, 0) is 0 Å². The zero-order valence-corrected chi connectivity index (χ0v) is 11.9. The van der Waals surface area contributed by atoms with E-state index in [0.717, 1.165) is 15.1 Å². The van der Waals surface area contributed by atoms with Gasteiger partial charge in [-0.05, 0) is 18.2 Å². The Morgan fingerprint density at radius 1 is 1.05 bits per heavy atom. The van der Waals surface area contributed by atoms with Gasteiger partial charge in [0.2, 0.25) is 0 Å². The molecule has 20 heavy (non-hydrogen) atoms. The van der Waals surface area contributed by atoms with E-state index in [1.807, 2.05) is 30.3 Å². The average Bonchev–Trinajstić information content (AvgIpc) is 2.84. The molecule has 2 aromatic carbocycles. The van der Waals surface area contributed by atoms with Crippen LogP contribution < -0.4 is 5.06 Å². The topological polar surface area (TPSA) is 47.3 Å². The van der Waals surface area contributed by atoms with Gasteiger partial charge in [0.15, 0.2) is 5.84 Å². The lowest BCUT2D eigenvalue weighted by atomic mass is 10.2. The summed E-state index contributed by atoms with van der Waals surface area (Å²) in [5, 5.41) is 20.5. The van der Waals surface area contributed by atoms with E-state index in [1.54, 1.807) is 24.3 Å². The van der Waals surface area contributed by atoms with E-state index in [1.165, 1.54) is 11.3 Å². The third kappa shape index (κ3) is 2.18. The van der Waals surface area contributed by atoms with Gasteiger partial charge in [-0.3, -0.25) is 10.6 Å². The predicted octanol–water partition coefficient (Wildman–Crippen LogP) is 4.78. The summed E-state index contributed by atoms with van der Waals surface area (Å²) in [5.41, 5.74) is 0.533. The molecule has 0 saturated carbocycles. The van der Waals surface area contributed by atoms with Gasteiger partial charge in [-0.1, -0.05) is 48.0 Å². The Morgan fingerprint density at radius 3 is 2.40 bits per heavy atom. The van der Waals surface area contributed by atoms with Crippen LogP contribution in [0.5, 0.6) is 0 Å². The van der Waals surface area contributed by atoms with Crippen LogP contribution >= 0.6 is 22.9 Å². The van der Waals surface area contributed by atoms with Crippen molar-refractivity contribution in [1.82, 2.24) is 0 Å². The van der Waals surface area contributed by atoms with Crippen LogP contribution in [0.25, 0.3) is 10.1 Å². The van der Waals surface area contributed by atoms with Crippen LogP contribution in [-0.4, -0.2) is 11.0 Å². The molecule has 0 amide bonds. The second kappa shape index (κ2) is 5.25. The molecule has 0 spiro atoms. The highest BCUT2D eigenvalue weighted by Crippen LogP contribution is 2.36. The molecule has 0 fully saturated rings. The molecule has 0 bridgehead atoms. The molecule has 5 heteroatoms. The van der Waals surface area contributed by atoms with Gasteiger partial charge in [-0.25, -0.2) is 5.06 Å². The number of para-hydroxylation sites is 1. The van der Waals surface area contributed by atoms with Crippen LogP contribution in [0.2, 0.25) is 5.02 Å². The molecular formula is C15H11ClN2OS. The monoisotopic (exact) mass is 302 g/mol. The van der Waals surface area contributed by atoms with Crippen LogP contribution in [0.3, 0.4) is 0 Å². The smallest absolute Gasteiger partial charge is 0.169 e. The summed E-state index contributed by atoms with van der Waals surface area (Å²) < 4.78 is 0.999. The maximum absolute atomic E-state index is 10.1. The fourth-order valence-corrected chi connectivity index (χ4v) is 3.42. The number of thiophene rings is 1. The van der Waals surface area contributed by atoms with Gasteiger partial charge in [-0.15, -0.1) is 11.3 Å². The molecule has 0 aliphatic carbocycles. The summed E-state index contributed by atoms with van der Waals surface area (Å²) in [5.74, 6) is -0.0256. The lowest BCUT2D eigenvalue weighted by molar-refractivity contribution is 0.312. The molecule has 3 nitrogen and oxygen atoms in total. The second-order valence-electron chi connectivity index (χ2n) is 4.24. The van der Waals surface area contributed by atoms with Gasteiger partial charge in [0.1, 0.15) is 0 Å². The first kappa shape index (κ1) is 13.1. The van der Waals surface area contributed by atoms with Gasteiger partial charge >= 0.3 is 0 Å². The van der Waals surface area contributed by atoms with Gasteiger partial charge in [0.05, 0.1) is 15.6 Å². The summed E-state index contributed by atoms with van der Waals surface area (Å²) in [4.78, 5) is 0.555. The molecule has 3 aromatic rings. The van der Waals surface area contributed by atoms with Crippen molar-refractivity contribution in [2.45, 2.75) is 0 Å². The van der Waals surface area contributed by atoms with Crippen molar-refractivity contribution in [2.75, 3.05) is 5.06 Å². The lowest BCUT2D eigenvalue weighted by Crippen LogP contribution is -2.26. The summed E-state index contributed by atoms with van der Waals surface area (Å²) in [6.07, 6.45) is 0. The summed E-state index contributed by atoms with van der Waals surface area (Å²) in [7, 11) is 0. The number of hydrogen-bond acceptors (Lipinski definition) is 3. The SMILES string of the molecule is N=C(c1sc2ccccc2c1Cl)N(O)c1ccccc1. The number of hydrogen-bond donors (Lipinski definition) is 2. The lowest BCUT2D eigenvalue weighted by Gasteiger charge is -2.16. The standard InChI is InChI=1S/C15H11ClN2OS/c16-13-11-8-4-5-9-12(11)20-14(13)15(17)18(19)10-6-2-1-3-7-10/h1-9,17,19H. The van der Waals surface area contributed by atoms with Crippen molar-refractivity contribution in [1.29, 1.82) is 5.41 Å². The highest BCUT2D eigenvalue weighted by Gasteiger charge is 2.19. The summed E-state index contributed by atoms with van der Waals surface area (Å²) >= 11 is 7.71. The fraction of sp³-hybridized carbons (Fsp3) is 0. The summed E-state index contributed by atoms with van der Waals surface area (Å²) in [6, 6.07) is 16.6. The second-order valence-corrected chi connectivity index (χ2v) is 5.67. The van der Waals surface area contributed by atoms with E-state index in [4.69, 9.17) is 17.0 Å². The molecule has 0 radical (unpaired) electrons. The number of hydroxylamine groups is 1. The Hall–Kier alpha value is -1.88. The van der Waals surface area contributed by atoms with E-state index >= 15 is 0 Å². The first-order valence-electron chi connectivity index (χ1n) is 5.98. The van der Waals surface area contributed by atoms with E-state index in [0.29, 0.717) is 15.6 Å². The fourth-order valence-electron chi connectivity index (χ4n) is 1.96. The third-order valence-electron chi connectivity index (χ3n) is 2.96. The highest BCUT2D eigenvalue weighted by molar-refractivity contribution is 7.21. The molecule has 0 atom stereocenters. The Labute approximate surface area is 125 Å². The van der Waals surface area contributed by atoms with Crippen LogP contribution in [0.1, 0.15) is 4.88 Å². The van der Waals surface area contributed by atoms with Crippen molar-refractivity contribution in [3.05, 3.63) is 64.5 Å². The van der Waals surface area contributed by atoms with Crippen molar-refractivity contribution >= 4 is 44.5 Å². The first-order chi connectivity index (χ1) is 9.68. The Balaban J connectivity index is 2.03. The number of benzene rings is 2. The maximum atomic E-state index is 10.1. The summed E-state index contributed by atoms with van der Waals surface area (Å²) in [6.45, 7) is 0. The van der Waals surface area contributed by atoms with E-state index in [9.17, 15) is 5.21 Å². The Bertz CT molecular complexity index is 770. The largest absolute Gasteiger partial charge is 0.282 e. The van der Waals surface area contributed by atoms with Crippen molar-refractivity contribution < 1.29 is 5.21 Å². The molecule has 3 rings (SSSR count). The number of nitrogens with zero attached hydrogens (tertiary/aromatic N) is 1. The highest BCUT2D eigenvalue weighted by atomic mass is 35.5. The Morgan fingerprint density at radius 2 is 1.70 bits per heavy atom. The minimum absolute atomic E-state index is 0.0256. The Kier molecular flexibility index (Phi) is 3.44. The third-order valence-corrected chi connectivity index (χ3v) is 4.64. The normalized spacial score (nSPS) is 10.7. The molecule has 1 aromatic heterocycles. The quantitative estimate of drug-likeness (QED) is 0.407. The van der Waals surface area contributed by atoms with Crippen molar-refractivity contribution in [3.63, 3.8) is 0 Å². The number of fused-ring (bicyclic) bond motifs is 1. The first-order valence-corrected chi connectivity index (χ1v) is 7.18. The maximum Gasteiger partial charge on any atom is 0.169 e. The molecule has 1 heterocycles. The minimum atomic E-state index is -0.0256. The predicted molar refractivity (Wildman–Crippen MR) is 84.4 cm³/mol. The number of nitrogens with one attached hydrogen (secondary N) is 1. The molecule has 100 valence electrons. The minimum Gasteiger partial charge on any atom is -0.282 e. The van der Waals surface area contributed by atoms with E-state index < -0.39 is 0 Å². The molecule has 0 aliphatic heterocycles. The van der Waals surface area contributed by atoms with Crippen LogP contribution in [0.4, 0.5) is 5.69 Å². The molecule has 2 N–H and O–H groups in total. The molecule has 0 aliphatic rings. The number of halogens is 1. The van der Waals surface area contributed by atoms with Crippen LogP contribution in [0, 0.1) is 5.41 Å². The molecule has 0 saturated heterocycles. The molecular weight excluding hydrogens is 292 g/mol.